The van der Waals surface area contributed by atoms with Gasteiger partial charge in [0.25, 0.3) is 0 Å². The third-order valence-corrected chi connectivity index (χ3v) is 5.89. The summed E-state index contributed by atoms with van der Waals surface area (Å²) in [6, 6.07) is 22.0. The molecule has 1 aliphatic heterocycles. The molecule has 4 rings (SSSR count). The van der Waals surface area contributed by atoms with E-state index >= 15 is 0 Å². The highest BCUT2D eigenvalue weighted by molar-refractivity contribution is 5.96. The van der Waals surface area contributed by atoms with Crippen molar-refractivity contribution in [2.75, 3.05) is 13.1 Å². The minimum absolute atomic E-state index is 0.106. The summed E-state index contributed by atoms with van der Waals surface area (Å²) in [6.45, 7) is 6.36. The van der Waals surface area contributed by atoms with Gasteiger partial charge in [0, 0.05) is 18.2 Å². The van der Waals surface area contributed by atoms with E-state index in [0.717, 1.165) is 35.7 Å². The number of ketones is 1. The van der Waals surface area contributed by atoms with Crippen LogP contribution in [0.4, 0.5) is 0 Å². The zero-order valence-corrected chi connectivity index (χ0v) is 16.2. The number of nitrogens with zero attached hydrogens (tertiary/aromatic N) is 1. The molecule has 2 nitrogen and oxygen atoms in total. The van der Waals surface area contributed by atoms with Crippen LogP contribution in [-0.2, 0) is 6.42 Å². The smallest absolute Gasteiger partial charge is 0.159 e. The van der Waals surface area contributed by atoms with Crippen molar-refractivity contribution < 1.29 is 4.79 Å². The van der Waals surface area contributed by atoms with E-state index in [1.807, 2.05) is 18.2 Å². The number of fused-ring (bicyclic) bond motifs is 1. The summed E-state index contributed by atoms with van der Waals surface area (Å²) < 4.78 is 0. The first-order valence-electron chi connectivity index (χ1n) is 9.98. The van der Waals surface area contributed by atoms with Crippen molar-refractivity contribution in [2.24, 2.45) is 0 Å². The summed E-state index contributed by atoms with van der Waals surface area (Å²) >= 11 is 0. The largest absolute Gasteiger partial charge is 0.300 e. The summed E-state index contributed by atoms with van der Waals surface area (Å²) in [4.78, 5) is 14.3. The Labute approximate surface area is 161 Å². The molecule has 0 N–H and O–H groups in total. The van der Waals surface area contributed by atoms with Gasteiger partial charge in [0.2, 0.25) is 0 Å². The summed E-state index contributed by atoms with van der Waals surface area (Å²) in [7, 11) is 0. The van der Waals surface area contributed by atoms with Gasteiger partial charge < -0.3 is 4.90 Å². The van der Waals surface area contributed by atoms with Crippen LogP contribution >= 0.6 is 0 Å². The maximum Gasteiger partial charge on any atom is 0.159 e. The molecule has 0 amide bonds. The van der Waals surface area contributed by atoms with Gasteiger partial charge >= 0.3 is 0 Å². The quantitative estimate of drug-likeness (QED) is 0.543. The molecule has 1 atom stereocenters. The molecule has 3 aromatic carbocycles. The van der Waals surface area contributed by atoms with Gasteiger partial charge in [-0.25, -0.2) is 0 Å². The second-order valence-corrected chi connectivity index (χ2v) is 7.81. The average molecular weight is 357 g/mol. The molecule has 0 unspecified atom stereocenters. The lowest BCUT2D eigenvalue weighted by atomic mass is 9.97. The standard InChI is InChI=1S/C25H27NO/c1-18-5-4-13-26(18)14-12-20-8-9-24-17-25(11-10-23(24)15-20)22-7-3-6-21(16-22)19(2)27/h3,6-11,15-18H,4-5,12-14H2,1-2H3/t18-/m0/s1. The number of hydrogen-bond donors (Lipinski definition) is 0. The van der Waals surface area contributed by atoms with E-state index in [-0.39, 0.29) is 5.78 Å². The van der Waals surface area contributed by atoms with E-state index in [1.165, 1.54) is 35.7 Å². The second-order valence-electron chi connectivity index (χ2n) is 7.81. The lowest BCUT2D eigenvalue weighted by Gasteiger charge is -2.20. The Kier molecular flexibility index (Phi) is 5.09. The number of benzene rings is 3. The van der Waals surface area contributed by atoms with Gasteiger partial charge in [-0.1, -0.05) is 48.5 Å². The van der Waals surface area contributed by atoms with Gasteiger partial charge in [0.05, 0.1) is 0 Å². The Bertz CT molecular complexity index is 975. The SMILES string of the molecule is CC(=O)c1cccc(-c2ccc3cc(CCN4CCC[C@@H]4C)ccc3c2)c1. The fourth-order valence-electron chi connectivity index (χ4n) is 4.15. The van der Waals surface area contributed by atoms with Gasteiger partial charge in [-0.3, -0.25) is 4.79 Å². The Hall–Kier alpha value is -2.45. The second kappa shape index (κ2) is 7.66. The minimum Gasteiger partial charge on any atom is -0.300 e. The van der Waals surface area contributed by atoms with Crippen LogP contribution in [-0.4, -0.2) is 29.8 Å². The molecule has 0 bridgehead atoms. The van der Waals surface area contributed by atoms with Crippen LogP contribution in [0, 0.1) is 0 Å². The van der Waals surface area contributed by atoms with Crippen LogP contribution in [0.25, 0.3) is 21.9 Å². The van der Waals surface area contributed by atoms with Crippen molar-refractivity contribution in [3.8, 4) is 11.1 Å². The number of hydrogen-bond acceptors (Lipinski definition) is 2. The Morgan fingerprint density at radius 1 is 1.00 bits per heavy atom. The Balaban J connectivity index is 1.55. The lowest BCUT2D eigenvalue weighted by molar-refractivity contribution is 0.101. The van der Waals surface area contributed by atoms with Gasteiger partial charge in [0.15, 0.2) is 5.78 Å². The van der Waals surface area contributed by atoms with Crippen LogP contribution in [0.1, 0.15) is 42.6 Å². The van der Waals surface area contributed by atoms with E-state index in [4.69, 9.17) is 0 Å². The third kappa shape index (κ3) is 3.96. The maximum absolute atomic E-state index is 11.7. The molecule has 1 fully saturated rings. The van der Waals surface area contributed by atoms with Crippen molar-refractivity contribution >= 4 is 16.6 Å². The molecule has 0 aliphatic carbocycles. The monoisotopic (exact) mass is 357 g/mol. The zero-order valence-electron chi connectivity index (χ0n) is 16.2. The topological polar surface area (TPSA) is 20.3 Å². The maximum atomic E-state index is 11.7. The normalized spacial score (nSPS) is 17.5. The molecule has 1 aliphatic rings. The number of carbonyl (C=O) groups excluding carboxylic acids is 1. The summed E-state index contributed by atoms with van der Waals surface area (Å²) in [5, 5.41) is 2.53. The van der Waals surface area contributed by atoms with E-state index < -0.39 is 0 Å². The van der Waals surface area contributed by atoms with Gasteiger partial charge in [-0.05, 0) is 79.3 Å². The minimum atomic E-state index is 0.106. The molecule has 0 spiro atoms. The van der Waals surface area contributed by atoms with Crippen molar-refractivity contribution in [1.82, 2.24) is 4.90 Å². The number of likely N-dealkylation sites (tertiary alicyclic amines) is 1. The van der Waals surface area contributed by atoms with Gasteiger partial charge in [0.1, 0.15) is 0 Å². The van der Waals surface area contributed by atoms with Crippen LogP contribution < -0.4 is 0 Å². The molecular formula is C25H27NO. The van der Waals surface area contributed by atoms with Gasteiger partial charge in [-0.15, -0.1) is 0 Å². The van der Waals surface area contributed by atoms with Crippen LogP contribution in [0.5, 0.6) is 0 Å². The predicted octanol–water partition coefficient (Wildman–Crippen LogP) is 5.74. The number of rotatable bonds is 5. The molecule has 0 radical (unpaired) electrons. The highest BCUT2D eigenvalue weighted by Gasteiger charge is 2.19. The third-order valence-electron chi connectivity index (χ3n) is 5.89. The fraction of sp³-hybridized carbons (Fsp3) is 0.320. The lowest BCUT2D eigenvalue weighted by Crippen LogP contribution is -2.28. The molecule has 2 heteroatoms. The van der Waals surface area contributed by atoms with Crippen molar-refractivity contribution in [2.45, 2.75) is 39.2 Å². The highest BCUT2D eigenvalue weighted by atomic mass is 16.1. The zero-order chi connectivity index (χ0) is 18.8. The van der Waals surface area contributed by atoms with Crippen molar-refractivity contribution in [3.63, 3.8) is 0 Å². The fourth-order valence-corrected chi connectivity index (χ4v) is 4.15. The summed E-state index contributed by atoms with van der Waals surface area (Å²) in [5.41, 5.74) is 4.42. The highest BCUT2D eigenvalue weighted by Crippen LogP contribution is 2.26. The van der Waals surface area contributed by atoms with Gasteiger partial charge in [-0.2, -0.15) is 0 Å². The molecular weight excluding hydrogens is 330 g/mol. The molecule has 138 valence electrons. The molecule has 3 aromatic rings. The Morgan fingerprint density at radius 3 is 2.56 bits per heavy atom. The van der Waals surface area contributed by atoms with Crippen LogP contribution in [0.15, 0.2) is 60.7 Å². The first-order valence-corrected chi connectivity index (χ1v) is 9.98. The summed E-state index contributed by atoms with van der Waals surface area (Å²) in [6.07, 6.45) is 3.79. The van der Waals surface area contributed by atoms with Crippen molar-refractivity contribution in [1.29, 1.82) is 0 Å². The molecule has 27 heavy (non-hydrogen) atoms. The average Bonchev–Trinajstić information content (AvgIpc) is 3.10. The number of Topliss-reactive ketones (excluding diaryl/α,β-unsaturated/α-hetero) is 1. The number of carbonyl (C=O) groups is 1. The molecule has 0 saturated carbocycles. The molecule has 1 saturated heterocycles. The van der Waals surface area contributed by atoms with E-state index in [1.54, 1.807) is 6.92 Å². The summed E-state index contributed by atoms with van der Waals surface area (Å²) in [5.74, 6) is 0.106. The van der Waals surface area contributed by atoms with Crippen molar-refractivity contribution in [3.05, 3.63) is 71.8 Å². The van der Waals surface area contributed by atoms with Crippen LogP contribution in [0.2, 0.25) is 0 Å². The molecule has 1 heterocycles. The first-order chi connectivity index (χ1) is 13.1. The Morgan fingerprint density at radius 2 is 1.78 bits per heavy atom. The van der Waals surface area contributed by atoms with Crippen LogP contribution in [0.3, 0.4) is 0 Å². The first kappa shape index (κ1) is 17.9. The predicted molar refractivity (Wildman–Crippen MR) is 113 cm³/mol. The van der Waals surface area contributed by atoms with E-state index in [2.05, 4.69) is 54.3 Å². The van der Waals surface area contributed by atoms with E-state index in [9.17, 15) is 4.79 Å². The molecule has 0 aromatic heterocycles. The van der Waals surface area contributed by atoms with E-state index in [0.29, 0.717) is 0 Å².